The summed E-state index contributed by atoms with van der Waals surface area (Å²) in [6, 6.07) is 7.04. The first-order valence-corrected chi connectivity index (χ1v) is 9.84. The van der Waals surface area contributed by atoms with Crippen molar-refractivity contribution in [3.63, 3.8) is 0 Å². The zero-order chi connectivity index (χ0) is 22.3. The van der Waals surface area contributed by atoms with Crippen molar-refractivity contribution in [1.82, 2.24) is 4.90 Å². The number of benzene rings is 2. The number of rotatable bonds is 3. The molecular formula is C23H19NO7. The lowest BCUT2D eigenvalue weighted by Gasteiger charge is -2.23. The average molecular weight is 421 g/mol. The predicted octanol–water partition coefficient (Wildman–Crippen LogP) is 2.55. The van der Waals surface area contributed by atoms with Crippen LogP contribution in [0.2, 0.25) is 0 Å². The second-order valence-corrected chi connectivity index (χ2v) is 7.42. The monoisotopic (exact) mass is 421 g/mol. The van der Waals surface area contributed by atoms with Gasteiger partial charge in [-0.25, -0.2) is 0 Å². The number of fused-ring (bicyclic) bond motifs is 2. The van der Waals surface area contributed by atoms with Crippen LogP contribution >= 0.6 is 0 Å². The molecular weight excluding hydrogens is 402 g/mol. The van der Waals surface area contributed by atoms with Crippen LogP contribution in [0.5, 0.6) is 11.5 Å². The molecule has 2 aromatic rings. The number of ether oxygens (including phenoxy) is 2. The molecule has 4 rings (SSSR count). The number of carbonyl (C=O) groups is 5. The fourth-order valence-electron chi connectivity index (χ4n) is 3.95. The first-order valence-electron chi connectivity index (χ1n) is 9.84. The van der Waals surface area contributed by atoms with E-state index in [2.05, 4.69) is 0 Å². The summed E-state index contributed by atoms with van der Waals surface area (Å²) < 4.78 is 10.3. The molecule has 0 spiro atoms. The van der Waals surface area contributed by atoms with E-state index < -0.39 is 23.5 Å². The van der Waals surface area contributed by atoms with Crippen molar-refractivity contribution in [2.75, 3.05) is 13.1 Å². The largest absolute Gasteiger partial charge is 0.426 e. The number of hydrogen-bond acceptors (Lipinski definition) is 7. The summed E-state index contributed by atoms with van der Waals surface area (Å²) in [5.41, 5.74) is -0.0281. The Hall–Kier alpha value is -3.81. The van der Waals surface area contributed by atoms with Crippen LogP contribution < -0.4 is 9.47 Å². The van der Waals surface area contributed by atoms with Crippen LogP contribution in [0.3, 0.4) is 0 Å². The van der Waals surface area contributed by atoms with E-state index in [0.29, 0.717) is 13.1 Å². The minimum atomic E-state index is -0.702. The van der Waals surface area contributed by atoms with Crippen LogP contribution in [0.4, 0.5) is 0 Å². The SMILES string of the molecule is CC(=O)Oc1cccc2c1C(=O)c1c(OC(C)=O)cc(C(=O)N3CCCC3)cc1C2=O. The zero-order valence-electron chi connectivity index (χ0n) is 17.0. The van der Waals surface area contributed by atoms with Gasteiger partial charge in [0.1, 0.15) is 11.5 Å². The summed E-state index contributed by atoms with van der Waals surface area (Å²) in [5.74, 6) is -3.03. The smallest absolute Gasteiger partial charge is 0.308 e. The molecule has 1 amide bonds. The molecule has 0 bridgehead atoms. The van der Waals surface area contributed by atoms with Crippen molar-refractivity contribution in [3.05, 3.63) is 58.1 Å². The van der Waals surface area contributed by atoms with E-state index in [4.69, 9.17) is 9.47 Å². The minimum Gasteiger partial charge on any atom is -0.426 e. The van der Waals surface area contributed by atoms with E-state index in [9.17, 15) is 24.0 Å². The Morgan fingerprint density at radius 3 is 2.06 bits per heavy atom. The third-order valence-corrected chi connectivity index (χ3v) is 5.22. The Bertz CT molecular complexity index is 1160. The quantitative estimate of drug-likeness (QED) is 0.472. The normalized spacial score (nSPS) is 14.7. The van der Waals surface area contributed by atoms with Gasteiger partial charge >= 0.3 is 11.9 Å². The number of ketones is 2. The highest BCUT2D eigenvalue weighted by atomic mass is 16.5. The predicted molar refractivity (Wildman–Crippen MR) is 108 cm³/mol. The van der Waals surface area contributed by atoms with E-state index >= 15 is 0 Å². The summed E-state index contributed by atoms with van der Waals surface area (Å²) in [6.07, 6.45) is 1.77. The molecule has 1 fully saturated rings. The molecule has 0 saturated carbocycles. The number of nitrogens with zero attached hydrogens (tertiary/aromatic N) is 1. The fourth-order valence-corrected chi connectivity index (χ4v) is 3.95. The van der Waals surface area contributed by atoms with Gasteiger partial charge in [0.25, 0.3) is 5.91 Å². The summed E-state index contributed by atoms with van der Waals surface area (Å²) in [7, 11) is 0. The summed E-state index contributed by atoms with van der Waals surface area (Å²) in [5, 5.41) is 0. The highest BCUT2D eigenvalue weighted by molar-refractivity contribution is 6.31. The van der Waals surface area contributed by atoms with E-state index in [-0.39, 0.29) is 45.2 Å². The Morgan fingerprint density at radius 2 is 1.42 bits per heavy atom. The number of likely N-dealkylation sites (tertiary alicyclic amines) is 1. The van der Waals surface area contributed by atoms with Crippen LogP contribution in [0.25, 0.3) is 0 Å². The van der Waals surface area contributed by atoms with Crippen LogP contribution in [0.15, 0.2) is 30.3 Å². The summed E-state index contributed by atoms with van der Waals surface area (Å²) >= 11 is 0. The van der Waals surface area contributed by atoms with Crippen LogP contribution in [0, 0.1) is 0 Å². The topological polar surface area (TPSA) is 107 Å². The molecule has 0 atom stereocenters. The van der Waals surface area contributed by atoms with Crippen molar-refractivity contribution < 1.29 is 33.4 Å². The van der Waals surface area contributed by atoms with Crippen LogP contribution in [0.1, 0.15) is 68.9 Å². The van der Waals surface area contributed by atoms with Gasteiger partial charge in [0.15, 0.2) is 5.78 Å². The number of esters is 2. The van der Waals surface area contributed by atoms with E-state index in [1.54, 1.807) is 4.90 Å². The molecule has 0 aromatic heterocycles. The molecule has 8 nitrogen and oxygen atoms in total. The van der Waals surface area contributed by atoms with Crippen molar-refractivity contribution >= 4 is 29.4 Å². The van der Waals surface area contributed by atoms with Crippen LogP contribution in [-0.4, -0.2) is 47.4 Å². The highest BCUT2D eigenvalue weighted by Gasteiger charge is 2.37. The molecule has 1 saturated heterocycles. The minimum absolute atomic E-state index is 0.0289. The molecule has 2 aromatic carbocycles. The first kappa shape index (κ1) is 20.5. The molecule has 1 heterocycles. The van der Waals surface area contributed by atoms with Gasteiger partial charge in [-0.05, 0) is 31.0 Å². The van der Waals surface area contributed by atoms with Gasteiger partial charge in [-0.2, -0.15) is 0 Å². The maximum Gasteiger partial charge on any atom is 0.308 e. The van der Waals surface area contributed by atoms with Crippen molar-refractivity contribution in [2.24, 2.45) is 0 Å². The van der Waals surface area contributed by atoms with Crippen LogP contribution in [-0.2, 0) is 9.59 Å². The van der Waals surface area contributed by atoms with Gasteiger partial charge in [-0.15, -0.1) is 0 Å². The molecule has 1 aliphatic heterocycles. The van der Waals surface area contributed by atoms with E-state index in [1.807, 2.05) is 0 Å². The Balaban J connectivity index is 1.90. The second kappa shape index (κ2) is 7.79. The number of carbonyl (C=O) groups excluding carboxylic acids is 5. The molecule has 158 valence electrons. The van der Waals surface area contributed by atoms with E-state index in [1.165, 1.54) is 37.3 Å². The maximum atomic E-state index is 13.4. The lowest BCUT2D eigenvalue weighted by Crippen LogP contribution is -2.29. The lowest BCUT2D eigenvalue weighted by molar-refractivity contribution is -0.132. The van der Waals surface area contributed by atoms with Crippen molar-refractivity contribution in [3.8, 4) is 11.5 Å². The Labute approximate surface area is 177 Å². The Morgan fingerprint density at radius 1 is 0.806 bits per heavy atom. The van der Waals surface area contributed by atoms with Gasteiger partial charge in [-0.3, -0.25) is 24.0 Å². The average Bonchev–Trinajstić information content (AvgIpc) is 3.25. The molecule has 0 N–H and O–H groups in total. The molecule has 31 heavy (non-hydrogen) atoms. The second-order valence-electron chi connectivity index (χ2n) is 7.42. The number of amides is 1. The van der Waals surface area contributed by atoms with Gasteiger partial charge in [0, 0.05) is 43.6 Å². The van der Waals surface area contributed by atoms with E-state index in [0.717, 1.165) is 19.8 Å². The third-order valence-electron chi connectivity index (χ3n) is 5.22. The zero-order valence-corrected chi connectivity index (χ0v) is 17.0. The number of hydrogen-bond donors (Lipinski definition) is 0. The van der Waals surface area contributed by atoms with Gasteiger partial charge in [0.05, 0.1) is 11.1 Å². The summed E-state index contributed by atoms with van der Waals surface area (Å²) in [4.78, 5) is 64.4. The third kappa shape index (κ3) is 3.61. The first-order chi connectivity index (χ1) is 14.8. The highest BCUT2D eigenvalue weighted by Crippen LogP contribution is 2.38. The summed E-state index contributed by atoms with van der Waals surface area (Å²) in [6.45, 7) is 3.54. The molecule has 2 aliphatic rings. The molecule has 0 unspecified atom stereocenters. The molecule has 8 heteroatoms. The Kier molecular flexibility index (Phi) is 5.14. The lowest BCUT2D eigenvalue weighted by atomic mass is 9.82. The molecule has 0 radical (unpaired) electrons. The van der Waals surface area contributed by atoms with Gasteiger partial charge < -0.3 is 14.4 Å². The fraction of sp³-hybridized carbons (Fsp3) is 0.261. The van der Waals surface area contributed by atoms with Crippen molar-refractivity contribution in [2.45, 2.75) is 26.7 Å². The maximum absolute atomic E-state index is 13.4. The molecule has 1 aliphatic carbocycles. The van der Waals surface area contributed by atoms with Crippen molar-refractivity contribution in [1.29, 1.82) is 0 Å². The standard InChI is InChI=1S/C23H19NO7/c1-12(25)30-17-7-5-6-15-19(17)22(28)20-16(21(15)27)10-14(11-18(20)31-13(2)26)23(29)24-8-3-4-9-24/h5-7,10-11H,3-4,8-9H2,1-2H3. The van der Waals surface area contributed by atoms with Gasteiger partial charge in [0.2, 0.25) is 5.78 Å². The van der Waals surface area contributed by atoms with Gasteiger partial charge in [-0.1, -0.05) is 12.1 Å².